The number of nitrogens with one attached hydrogen (secondary N) is 3. The molecule has 1 heterocycles. The predicted molar refractivity (Wildman–Crippen MR) is 173 cm³/mol. The van der Waals surface area contributed by atoms with E-state index in [1.807, 2.05) is 30.3 Å². The number of amides is 3. The van der Waals surface area contributed by atoms with Crippen molar-refractivity contribution >= 4 is 30.9 Å². The highest BCUT2D eigenvalue weighted by atomic mass is 16.7. The summed E-state index contributed by atoms with van der Waals surface area (Å²) in [7, 11) is -0.555. The molecule has 0 spiro atoms. The van der Waals surface area contributed by atoms with Gasteiger partial charge in [-0.3, -0.25) is 19.6 Å². The fraction of sp³-hybridized carbons (Fsp3) is 0.514. The number of carbonyl (C=O) groups excluding carboxylic acids is 3. The Kier molecular flexibility index (Phi) is 9.87. The average Bonchev–Trinajstić information content (AvgIpc) is 3.39. The van der Waals surface area contributed by atoms with Crippen LogP contribution >= 0.6 is 0 Å². The van der Waals surface area contributed by atoms with Crippen molar-refractivity contribution in [2.45, 2.75) is 90.4 Å². The van der Waals surface area contributed by atoms with E-state index >= 15 is 0 Å². The van der Waals surface area contributed by atoms with Crippen LogP contribution in [-0.4, -0.2) is 53.7 Å². The maximum absolute atomic E-state index is 14.0. The van der Waals surface area contributed by atoms with E-state index in [0.717, 1.165) is 18.4 Å². The van der Waals surface area contributed by atoms with E-state index in [0.29, 0.717) is 42.2 Å². The van der Waals surface area contributed by atoms with Crippen LogP contribution in [0.4, 0.5) is 0 Å². The Morgan fingerprint density at radius 3 is 2.38 bits per heavy atom. The summed E-state index contributed by atoms with van der Waals surface area (Å²) in [6, 6.07) is 15.8. The summed E-state index contributed by atoms with van der Waals surface area (Å²) in [5.74, 6) is -0.321. The summed E-state index contributed by atoms with van der Waals surface area (Å²) in [6.45, 7) is 11.1. The molecule has 1 unspecified atom stereocenters. The number of benzene rings is 2. The molecule has 1 saturated heterocycles. The SMILES string of the molecule is CC(C)C[C@H](NC(=O)[C@H](CCc1ccccc1)NC(=O)c1ccc(/C=C/C(=O)NO)cc1)B1OC2C[C@H]3C[C@H](C3(C)C)[C@@]2(C)O1. The Morgan fingerprint density at radius 1 is 1.02 bits per heavy atom. The molecule has 2 aromatic rings. The van der Waals surface area contributed by atoms with Crippen molar-refractivity contribution in [1.82, 2.24) is 16.1 Å². The molecule has 0 radical (unpaired) electrons. The molecular weight excluding hydrogens is 569 g/mol. The van der Waals surface area contributed by atoms with Crippen molar-refractivity contribution in [3.05, 3.63) is 77.4 Å². The zero-order valence-corrected chi connectivity index (χ0v) is 26.9. The smallest absolute Gasteiger partial charge is 0.404 e. The van der Waals surface area contributed by atoms with E-state index in [2.05, 4.69) is 45.3 Å². The normalized spacial score (nSPS) is 26.1. The van der Waals surface area contributed by atoms with Crippen molar-refractivity contribution in [3.8, 4) is 0 Å². The highest BCUT2D eigenvalue weighted by Crippen LogP contribution is 2.65. The molecule has 6 rings (SSSR count). The van der Waals surface area contributed by atoms with E-state index in [1.54, 1.807) is 29.7 Å². The lowest BCUT2D eigenvalue weighted by molar-refractivity contribution is -0.199. The van der Waals surface area contributed by atoms with E-state index in [4.69, 9.17) is 14.5 Å². The van der Waals surface area contributed by atoms with Crippen LogP contribution in [0.5, 0.6) is 0 Å². The molecule has 4 N–H and O–H groups in total. The molecule has 0 aromatic heterocycles. The van der Waals surface area contributed by atoms with Crippen LogP contribution in [0.1, 0.15) is 81.8 Å². The van der Waals surface area contributed by atoms with Crippen LogP contribution in [0.15, 0.2) is 60.7 Å². The molecule has 6 atom stereocenters. The Hall–Kier alpha value is -3.47. The average molecular weight is 616 g/mol. The Labute approximate surface area is 266 Å². The minimum absolute atomic E-state index is 0.00950. The van der Waals surface area contributed by atoms with Crippen molar-refractivity contribution in [2.75, 3.05) is 0 Å². The van der Waals surface area contributed by atoms with Crippen molar-refractivity contribution in [3.63, 3.8) is 0 Å². The van der Waals surface area contributed by atoms with Gasteiger partial charge in [0.25, 0.3) is 11.8 Å². The van der Waals surface area contributed by atoms with Crippen molar-refractivity contribution in [1.29, 1.82) is 0 Å². The lowest BCUT2D eigenvalue weighted by Crippen LogP contribution is -2.65. The maximum atomic E-state index is 14.0. The van der Waals surface area contributed by atoms with Gasteiger partial charge in [-0.15, -0.1) is 0 Å². The van der Waals surface area contributed by atoms with E-state index in [-0.39, 0.29) is 40.8 Å². The molecular formula is C35H46BN3O6. The van der Waals surface area contributed by atoms with Crippen LogP contribution in [0.3, 0.4) is 0 Å². The molecule has 45 heavy (non-hydrogen) atoms. The van der Waals surface area contributed by atoms with Crippen molar-refractivity contribution < 1.29 is 28.9 Å². The number of hydrogen-bond donors (Lipinski definition) is 4. The minimum atomic E-state index is -0.786. The van der Waals surface area contributed by atoms with Crippen LogP contribution in [0.25, 0.3) is 6.08 Å². The Morgan fingerprint density at radius 2 is 1.73 bits per heavy atom. The number of rotatable bonds is 12. The highest BCUT2D eigenvalue weighted by molar-refractivity contribution is 6.48. The molecule has 1 aliphatic heterocycles. The van der Waals surface area contributed by atoms with Gasteiger partial charge in [0.05, 0.1) is 17.6 Å². The summed E-state index contributed by atoms with van der Waals surface area (Å²) in [5, 5.41) is 14.9. The number of aryl methyl sites for hydroxylation is 1. The molecule has 2 aromatic carbocycles. The second-order valence-corrected chi connectivity index (χ2v) is 14.1. The van der Waals surface area contributed by atoms with E-state index in [1.165, 1.54) is 12.2 Å². The third-order valence-corrected chi connectivity index (χ3v) is 10.2. The summed E-state index contributed by atoms with van der Waals surface area (Å²) in [4.78, 5) is 38.6. The van der Waals surface area contributed by atoms with E-state index < -0.39 is 19.1 Å². The Balaban J connectivity index is 1.30. The van der Waals surface area contributed by atoms with Gasteiger partial charge in [0, 0.05) is 11.6 Å². The molecule has 9 nitrogen and oxygen atoms in total. The zero-order valence-electron chi connectivity index (χ0n) is 26.9. The first kappa shape index (κ1) is 32.9. The second-order valence-electron chi connectivity index (χ2n) is 14.1. The summed E-state index contributed by atoms with van der Waals surface area (Å²) in [6.07, 6.45) is 6.54. The fourth-order valence-electron chi connectivity index (χ4n) is 7.52. The van der Waals surface area contributed by atoms with Gasteiger partial charge in [-0.25, -0.2) is 5.48 Å². The van der Waals surface area contributed by atoms with Gasteiger partial charge in [0.2, 0.25) is 5.91 Å². The van der Waals surface area contributed by atoms with Crippen LogP contribution in [-0.2, 0) is 25.3 Å². The van der Waals surface area contributed by atoms with Crippen LogP contribution in [0, 0.1) is 23.2 Å². The minimum Gasteiger partial charge on any atom is -0.404 e. The van der Waals surface area contributed by atoms with Gasteiger partial charge in [0.1, 0.15) is 6.04 Å². The topological polar surface area (TPSA) is 126 Å². The van der Waals surface area contributed by atoms with Gasteiger partial charge in [-0.2, -0.15) is 0 Å². The largest absolute Gasteiger partial charge is 0.481 e. The molecule has 4 fully saturated rings. The second kappa shape index (κ2) is 13.5. The third kappa shape index (κ3) is 7.18. The van der Waals surface area contributed by atoms with Crippen LogP contribution < -0.4 is 16.1 Å². The molecule has 3 amide bonds. The van der Waals surface area contributed by atoms with Gasteiger partial charge in [0.15, 0.2) is 0 Å². The number of carbonyl (C=O) groups is 3. The summed E-state index contributed by atoms with van der Waals surface area (Å²) in [5.41, 5.74) is 3.52. The first-order valence-electron chi connectivity index (χ1n) is 16.1. The lowest BCUT2D eigenvalue weighted by Gasteiger charge is -2.64. The Bertz CT molecular complexity index is 1400. The molecule has 4 aliphatic rings. The van der Waals surface area contributed by atoms with Gasteiger partial charge in [-0.1, -0.05) is 70.2 Å². The lowest BCUT2D eigenvalue weighted by atomic mass is 9.43. The number of hydroxylamine groups is 1. The first-order valence-corrected chi connectivity index (χ1v) is 16.1. The first-order chi connectivity index (χ1) is 21.4. The molecule has 3 saturated carbocycles. The quantitative estimate of drug-likeness (QED) is 0.118. The van der Waals surface area contributed by atoms with Crippen molar-refractivity contribution in [2.24, 2.45) is 23.2 Å². The fourth-order valence-corrected chi connectivity index (χ4v) is 7.52. The highest BCUT2D eigenvalue weighted by Gasteiger charge is 2.68. The van der Waals surface area contributed by atoms with Gasteiger partial charge in [-0.05, 0) is 91.5 Å². The molecule has 10 heteroatoms. The van der Waals surface area contributed by atoms with Crippen LogP contribution in [0.2, 0.25) is 0 Å². The number of hydrogen-bond acceptors (Lipinski definition) is 6. The molecule has 240 valence electrons. The summed E-state index contributed by atoms with van der Waals surface area (Å²) < 4.78 is 13.3. The maximum Gasteiger partial charge on any atom is 0.481 e. The van der Waals surface area contributed by atoms with E-state index in [9.17, 15) is 14.4 Å². The van der Waals surface area contributed by atoms with Gasteiger partial charge >= 0.3 is 7.12 Å². The monoisotopic (exact) mass is 615 g/mol. The predicted octanol–water partition coefficient (Wildman–Crippen LogP) is 4.73. The molecule has 3 aliphatic carbocycles. The molecule has 2 bridgehead atoms. The third-order valence-electron chi connectivity index (χ3n) is 10.2. The van der Waals surface area contributed by atoms with Gasteiger partial charge < -0.3 is 19.9 Å². The zero-order chi connectivity index (χ0) is 32.4. The standard InChI is InChI=1S/C35H46BN3O6/c1-22(2)19-30(36-44-29-21-26-20-28(34(26,3)4)35(29,5)45-36)38-33(42)27(17-13-23-9-7-6-8-10-23)37-32(41)25-15-11-24(12-16-25)14-18-31(40)39-43/h6-12,14-16,18,22,26-30,43H,13,17,19-21H2,1-5H3,(H,37,41)(H,38,42)(H,39,40)/b18-14+/t26-,27+,28-,29?,30+,35-/m1/s1. The summed E-state index contributed by atoms with van der Waals surface area (Å²) >= 11 is 0.